The third-order valence-electron chi connectivity index (χ3n) is 3.30. The summed E-state index contributed by atoms with van der Waals surface area (Å²) in [4.78, 5) is 11.0. The van der Waals surface area contributed by atoms with Crippen LogP contribution in [0.1, 0.15) is 28.8 Å². The third-order valence-corrected chi connectivity index (χ3v) is 3.65. The van der Waals surface area contributed by atoms with Crippen LogP contribution in [-0.2, 0) is 6.54 Å². The molecule has 0 bridgehead atoms. The first-order valence-corrected chi connectivity index (χ1v) is 6.41. The standard InChI is InChI=1S/C13H17ClN2O2/c14-12-5-9(13(15)18)1-2-10(12)7-16-6-8-3-11(17)4-8/h1-2,5,8,11,16-17H,3-4,6-7H2,(H2,15,18). The zero-order chi connectivity index (χ0) is 13.1. The smallest absolute Gasteiger partial charge is 0.248 e. The number of carbonyl (C=O) groups excluding carboxylic acids is 1. The van der Waals surface area contributed by atoms with Crippen molar-refractivity contribution in [2.75, 3.05) is 6.54 Å². The summed E-state index contributed by atoms with van der Waals surface area (Å²) in [5.41, 5.74) is 6.54. The van der Waals surface area contributed by atoms with Gasteiger partial charge in [-0.2, -0.15) is 0 Å². The first-order valence-electron chi connectivity index (χ1n) is 6.03. The summed E-state index contributed by atoms with van der Waals surface area (Å²) in [6, 6.07) is 5.08. The van der Waals surface area contributed by atoms with Crippen LogP contribution >= 0.6 is 11.6 Å². The monoisotopic (exact) mass is 268 g/mol. The van der Waals surface area contributed by atoms with Crippen LogP contribution in [0.4, 0.5) is 0 Å². The highest BCUT2D eigenvalue weighted by Crippen LogP contribution is 2.26. The highest BCUT2D eigenvalue weighted by molar-refractivity contribution is 6.31. The SMILES string of the molecule is NC(=O)c1ccc(CNCC2CC(O)C2)c(Cl)c1. The lowest BCUT2D eigenvalue weighted by molar-refractivity contribution is 0.0430. The van der Waals surface area contributed by atoms with E-state index in [1.54, 1.807) is 12.1 Å². The summed E-state index contributed by atoms with van der Waals surface area (Å²) in [6.07, 6.45) is 1.64. The number of halogens is 1. The van der Waals surface area contributed by atoms with Crippen LogP contribution in [0, 0.1) is 5.92 Å². The molecule has 2 rings (SSSR count). The minimum atomic E-state index is -0.472. The first kappa shape index (κ1) is 13.3. The predicted octanol–water partition coefficient (Wildman–Crippen LogP) is 1.30. The Kier molecular flexibility index (Phi) is 4.22. The van der Waals surface area contributed by atoms with Gasteiger partial charge in [0, 0.05) is 17.1 Å². The number of benzene rings is 1. The molecule has 1 amide bonds. The number of aliphatic hydroxyl groups excluding tert-OH is 1. The Morgan fingerprint density at radius 2 is 2.22 bits per heavy atom. The highest BCUT2D eigenvalue weighted by atomic mass is 35.5. The molecule has 5 heteroatoms. The number of nitrogens with one attached hydrogen (secondary N) is 1. The summed E-state index contributed by atoms with van der Waals surface area (Å²) >= 11 is 6.07. The summed E-state index contributed by atoms with van der Waals surface area (Å²) in [7, 11) is 0. The number of hydrogen-bond donors (Lipinski definition) is 3. The Bertz CT molecular complexity index is 445. The maximum absolute atomic E-state index is 11.0. The van der Waals surface area contributed by atoms with Gasteiger partial charge in [0.25, 0.3) is 0 Å². The first-order chi connectivity index (χ1) is 8.56. The number of nitrogens with two attached hydrogens (primary N) is 1. The summed E-state index contributed by atoms with van der Waals surface area (Å²) in [6.45, 7) is 1.54. The topological polar surface area (TPSA) is 75.4 Å². The molecule has 0 atom stereocenters. The van der Waals surface area contributed by atoms with Gasteiger partial charge in [-0.1, -0.05) is 17.7 Å². The van der Waals surface area contributed by atoms with E-state index >= 15 is 0 Å². The Balaban J connectivity index is 1.84. The van der Waals surface area contributed by atoms with Crippen molar-refractivity contribution in [1.82, 2.24) is 5.32 Å². The molecule has 0 saturated heterocycles. The van der Waals surface area contributed by atoms with Gasteiger partial charge < -0.3 is 16.2 Å². The van der Waals surface area contributed by atoms with E-state index in [2.05, 4.69) is 5.32 Å². The average molecular weight is 269 g/mol. The van der Waals surface area contributed by atoms with E-state index in [0.29, 0.717) is 23.0 Å². The van der Waals surface area contributed by atoms with Crippen molar-refractivity contribution >= 4 is 17.5 Å². The van der Waals surface area contributed by atoms with Crippen LogP contribution in [0.3, 0.4) is 0 Å². The van der Waals surface area contributed by atoms with Crippen LogP contribution in [-0.4, -0.2) is 23.7 Å². The summed E-state index contributed by atoms with van der Waals surface area (Å²) in [5.74, 6) is 0.0866. The van der Waals surface area contributed by atoms with Gasteiger partial charge in [0.1, 0.15) is 0 Å². The number of primary amides is 1. The van der Waals surface area contributed by atoms with E-state index < -0.39 is 5.91 Å². The Morgan fingerprint density at radius 3 is 2.78 bits per heavy atom. The molecule has 4 N–H and O–H groups in total. The maximum atomic E-state index is 11.0. The lowest BCUT2D eigenvalue weighted by Gasteiger charge is -2.31. The average Bonchev–Trinajstić information content (AvgIpc) is 2.28. The summed E-state index contributed by atoms with van der Waals surface area (Å²) in [5, 5.41) is 13.0. The van der Waals surface area contributed by atoms with E-state index in [1.807, 2.05) is 6.07 Å². The molecule has 0 spiro atoms. The van der Waals surface area contributed by atoms with Crippen molar-refractivity contribution < 1.29 is 9.90 Å². The van der Waals surface area contributed by atoms with Gasteiger partial charge in [0.15, 0.2) is 0 Å². The van der Waals surface area contributed by atoms with E-state index in [1.165, 1.54) is 0 Å². The molecule has 4 nitrogen and oxygen atoms in total. The molecule has 1 aliphatic rings. The number of carbonyl (C=O) groups is 1. The largest absolute Gasteiger partial charge is 0.393 e. The molecule has 0 aromatic heterocycles. The van der Waals surface area contributed by atoms with Crippen LogP contribution in [0.5, 0.6) is 0 Å². The molecule has 98 valence electrons. The Hall–Kier alpha value is -1.10. The van der Waals surface area contributed by atoms with Crippen molar-refractivity contribution in [3.05, 3.63) is 34.3 Å². The van der Waals surface area contributed by atoms with E-state index in [9.17, 15) is 4.79 Å². The van der Waals surface area contributed by atoms with Crippen molar-refractivity contribution in [2.24, 2.45) is 11.7 Å². The van der Waals surface area contributed by atoms with Crippen molar-refractivity contribution in [1.29, 1.82) is 0 Å². The second-order valence-electron chi connectivity index (χ2n) is 4.79. The van der Waals surface area contributed by atoms with Gasteiger partial charge in [-0.05, 0) is 43.0 Å². The molecule has 1 aliphatic carbocycles. The van der Waals surface area contributed by atoms with Gasteiger partial charge in [-0.3, -0.25) is 4.79 Å². The van der Waals surface area contributed by atoms with Gasteiger partial charge >= 0.3 is 0 Å². The minimum absolute atomic E-state index is 0.116. The number of aliphatic hydroxyl groups is 1. The normalized spacial score (nSPS) is 22.6. The van der Waals surface area contributed by atoms with Crippen LogP contribution in [0.2, 0.25) is 5.02 Å². The quantitative estimate of drug-likeness (QED) is 0.753. The fraction of sp³-hybridized carbons (Fsp3) is 0.462. The van der Waals surface area contributed by atoms with Crippen LogP contribution in [0.25, 0.3) is 0 Å². The van der Waals surface area contributed by atoms with Crippen LogP contribution in [0.15, 0.2) is 18.2 Å². The number of hydrogen-bond acceptors (Lipinski definition) is 3. The van der Waals surface area contributed by atoms with Gasteiger partial charge in [-0.25, -0.2) is 0 Å². The second-order valence-corrected chi connectivity index (χ2v) is 5.20. The zero-order valence-corrected chi connectivity index (χ0v) is 10.8. The van der Waals surface area contributed by atoms with E-state index in [4.69, 9.17) is 22.4 Å². The van der Waals surface area contributed by atoms with Crippen molar-refractivity contribution in [3.8, 4) is 0 Å². The van der Waals surface area contributed by atoms with Gasteiger partial charge in [0.2, 0.25) is 5.91 Å². The molecule has 1 saturated carbocycles. The van der Waals surface area contributed by atoms with Gasteiger partial charge in [0.05, 0.1) is 6.10 Å². The minimum Gasteiger partial charge on any atom is -0.393 e. The molecule has 0 aliphatic heterocycles. The second kappa shape index (κ2) is 5.69. The Morgan fingerprint density at radius 1 is 1.50 bits per heavy atom. The van der Waals surface area contributed by atoms with Crippen LogP contribution < -0.4 is 11.1 Å². The molecule has 0 unspecified atom stereocenters. The van der Waals surface area contributed by atoms with Gasteiger partial charge in [-0.15, -0.1) is 0 Å². The fourth-order valence-electron chi connectivity index (χ4n) is 2.12. The number of rotatable bonds is 5. The molecule has 0 heterocycles. The van der Waals surface area contributed by atoms with Crippen molar-refractivity contribution in [2.45, 2.75) is 25.5 Å². The van der Waals surface area contributed by atoms with E-state index in [-0.39, 0.29) is 6.10 Å². The maximum Gasteiger partial charge on any atom is 0.248 e. The van der Waals surface area contributed by atoms with E-state index in [0.717, 1.165) is 24.9 Å². The molecule has 18 heavy (non-hydrogen) atoms. The molecular formula is C13H17ClN2O2. The third kappa shape index (κ3) is 3.22. The predicted molar refractivity (Wildman–Crippen MR) is 70.4 cm³/mol. The highest BCUT2D eigenvalue weighted by Gasteiger charge is 2.26. The Labute approximate surface area is 111 Å². The molecule has 1 aromatic carbocycles. The molecule has 1 fully saturated rings. The summed E-state index contributed by atoms with van der Waals surface area (Å²) < 4.78 is 0. The lowest BCUT2D eigenvalue weighted by atomic mass is 9.82. The van der Waals surface area contributed by atoms with Crippen molar-refractivity contribution in [3.63, 3.8) is 0 Å². The molecule has 1 aromatic rings. The fourth-order valence-corrected chi connectivity index (χ4v) is 2.37. The lowest BCUT2D eigenvalue weighted by Crippen LogP contribution is -2.35. The molecular weight excluding hydrogens is 252 g/mol. The number of amides is 1. The molecule has 0 radical (unpaired) electrons. The zero-order valence-electron chi connectivity index (χ0n) is 10.0.